The average molecular weight is 386 g/mol. The summed E-state index contributed by atoms with van der Waals surface area (Å²) in [6.07, 6.45) is 3.54. The van der Waals surface area contributed by atoms with Crippen LogP contribution in [0.15, 0.2) is 83.4 Å². The molecule has 0 bridgehead atoms. The molecule has 0 aliphatic rings. The van der Waals surface area contributed by atoms with Crippen LogP contribution in [0.4, 0.5) is 0 Å². The molecule has 138 valence electrons. The molecule has 0 atom stereocenters. The topological polar surface area (TPSA) is 59.3 Å². The third-order valence-corrected chi connectivity index (χ3v) is 5.07. The van der Waals surface area contributed by atoms with Crippen LogP contribution in [0.25, 0.3) is 16.9 Å². The minimum atomic E-state index is -0.224. The van der Waals surface area contributed by atoms with E-state index >= 15 is 0 Å². The van der Waals surface area contributed by atoms with Gasteiger partial charge in [-0.1, -0.05) is 54.1 Å². The van der Waals surface area contributed by atoms with Gasteiger partial charge >= 0.3 is 0 Å². The second-order valence-corrected chi connectivity index (χ2v) is 7.20. The first-order valence-corrected chi connectivity index (χ1v) is 9.68. The zero-order chi connectivity index (χ0) is 19.3. The highest BCUT2D eigenvalue weighted by atomic mass is 32.1. The summed E-state index contributed by atoms with van der Waals surface area (Å²) < 4.78 is 1.82. The van der Waals surface area contributed by atoms with E-state index in [1.807, 2.05) is 64.8 Å². The first kappa shape index (κ1) is 17.9. The van der Waals surface area contributed by atoms with Gasteiger partial charge in [-0.25, -0.2) is 10.1 Å². The fourth-order valence-electron chi connectivity index (χ4n) is 2.75. The first-order valence-electron chi connectivity index (χ1n) is 8.80. The van der Waals surface area contributed by atoms with Crippen molar-refractivity contribution < 1.29 is 4.79 Å². The van der Waals surface area contributed by atoms with Crippen molar-refractivity contribution in [1.82, 2.24) is 15.2 Å². The van der Waals surface area contributed by atoms with E-state index in [0.717, 1.165) is 22.5 Å². The number of para-hydroxylation sites is 1. The molecule has 4 aromatic rings. The predicted molar refractivity (Wildman–Crippen MR) is 113 cm³/mol. The van der Waals surface area contributed by atoms with Crippen molar-refractivity contribution in [2.75, 3.05) is 0 Å². The zero-order valence-corrected chi connectivity index (χ0v) is 16.1. The molecular formula is C22H18N4OS. The molecule has 5 nitrogen and oxygen atoms in total. The van der Waals surface area contributed by atoms with E-state index in [1.54, 1.807) is 12.3 Å². The molecule has 0 aliphatic carbocycles. The maximum absolute atomic E-state index is 12.1. The third kappa shape index (κ3) is 3.92. The third-order valence-electron chi connectivity index (χ3n) is 4.20. The lowest BCUT2D eigenvalue weighted by Gasteiger charge is -2.01. The normalized spacial score (nSPS) is 11.0. The van der Waals surface area contributed by atoms with E-state index < -0.39 is 0 Å². The summed E-state index contributed by atoms with van der Waals surface area (Å²) in [6, 6.07) is 21.7. The highest BCUT2D eigenvalue weighted by molar-refractivity contribution is 7.12. The molecule has 2 aromatic carbocycles. The van der Waals surface area contributed by atoms with Crippen LogP contribution < -0.4 is 5.43 Å². The standard InChI is InChI=1S/C22H18N4OS/c1-16-9-11-17(12-10-16)21-18(14-23-24-22(27)20-8-5-13-28-20)15-26(25-21)19-6-3-2-4-7-19/h2-15H,1H3,(H,24,27)/b23-14+. The summed E-state index contributed by atoms with van der Waals surface area (Å²) in [7, 11) is 0. The molecule has 0 radical (unpaired) electrons. The van der Waals surface area contributed by atoms with Crippen molar-refractivity contribution in [3.05, 3.63) is 94.3 Å². The van der Waals surface area contributed by atoms with E-state index in [0.29, 0.717) is 4.88 Å². The van der Waals surface area contributed by atoms with Crippen molar-refractivity contribution in [1.29, 1.82) is 0 Å². The summed E-state index contributed by atoms with van der Waals surface area (Å²) in [5.74, 6) is -0.224. The minimum absolute atomic E-state index is 0.224. The number of carbonyl (C=O) groups excluding carboxylic acids is 1. The number of thiophene rings is 1. The molecule has 1 N–H and O–H groups in total. The fourth-order valence-corrected chi connectivity index (χ4v) is 3.37. The van der Waals surface area contributed by atoms with Crippen LogP contribution in [0.5, 0.6) is 0 Å². The Morgan fingerprint density at radius 2 is 1.86 bits per heavy atom. The van der Waals surface area contributed by atoms with Crippen LogP contribution in [-0.4, -0.2) is 21.9 Å². The second-order valence-electron chi connectivity index (χ2n) is 6.26. The Balaban J connectivity index is 1.66. The van der Waals surface area contributed by atoms with Gasteiger partial charge in [-0.15, -0.1) is 11.3 Å². The summed E-state index contributed by atoms with van der Waals surface area (Å²) in [5.41, 5.74) is 7.33. The molecule has 0 spiro atoms. The van der Waals surface area contributed by atoms with Crippen molar-refractivity contribution >= 4 is 23.5 Å². The highest BCUT2D eigenvalue weighted by Gasteiger charge is 2.11. The van der Waals surface area contributed by atoms with Gasteiger partial charge in [0.15, 0.2) is 0 Å². The second kappa shape index (κ2) is 8.02. The van der Waals surface area contributed by atoms with Crippen LogP contribution in [0, 0.1) is 6.92 Å². The lowest BCUT2D eigenvalue weighted by Crippen LogP contribution is -2.16. The molecule has 0 unspecified atom stereocenters. The number of amides is 1. The van der Waals surface area contributed by atoms with E-state index in [9.17, 15) is 4.79 Å². The molecule has 0 saturated carbocycles. The van der Waals surface area contributed by atoms with E-state index in [2.05, 4.69) is 29.6 Å². The first-order chi connectivity index (χ1) is 13.7. The molecule has 0 saturated heterocycles. The number of carbonyl (C=O) groups is 1. The number of aromatic nitrogens is 2. The molecule has 0 fully saturated rings. The molecule has 6 heteroatoms. The molecule has 28 heavy (non-hydrogen) atoms. The monoisotopic (exact) mass is 386 g/mol. The van der Waals surface area contributed by atoms with Crippen LogP contribution in [0.3, 0.4) is 0 Å². The Morgan fingerprint density at radius 1 is 1.07 bits per heavy atom. The predicted octanol–water partition coefficient (Wildman–Crippen LogP) is 4.67. The maximum atomic E-state index is 12.1. The number of hydrazone groups is 1. The molecule has 4 rings (SSSR count). The molecule has 2 heterocycles. The fraction of sp³-hybridized carbons (Fsp3) is 0.0455. The van der Waals surface area contributed by atoms with Crippen molar-refractivity contribution in [2.45, 2.75) is 6.92 Å². The molecule has 1 amide bonds. The summed E-state index contributed by atoms with van der Waals surface area (Å²) in [5, 5.41) is 10.7. The minimum Gasteiger partial charge on any atom is -0.266 e. The zero-order valence-electron chi connectivity index (χ0n) is 15.2. The van der Waals surface area contributed by atoms with Gasteiger partial charge < -0.3 is 0 Å². The number of hydrogen-bond acceptors (Lipinski definition) is 4. The Hall–Kier alpha value is -3.51. The Morgan fingerprint density at radius 3 is 2.57 bits per heavy atom. The average Bonchev–Trinajstić information content (AvgIpc) is 3.40. The van der Waals surface area contributed by atoms with E-state index in [4.69, 9.17) is 5.10 Å². The van der Waals surface area contributed by atoms with Crippen LogP contribution in [0.2, 0.25) is 0 Å². The van der Waals surface area contributed by atoms with Gasteiger partial charge in [-0.05, 0) is 30.5 Å². The lowest BCUT2D eigenvalue weighted by atomic mass is 10.1. The molecular weight excluding hydrogens is 368 g/mol. The highest BCUT2D eigenvalue weighted by Crippen LogP contribution is 2.23. The summed E-state index contributed by atoms with van der Waals surface area (Å²) >= 11 is 1.38. The van der Waals surface area contributed by atoms with Crippen molar-refractivity contribution in [2.24, 2.45) is 5.10 Å². The number of nitrogens with one attached hydrogen (secondary N) is 1. The van der Waals surface area contributed by atoms with Gasteiger partial charge in [-0.2, -0.15) is 10.2 Å². The number of benzene rings is 2. The van der Waals surface area contributed by atoms with Gasteiger partial charge in [-0.3, -0.25) is 4.79 Å². The van der Waals surface area contributed by atoms with Crippen LogP contribution in [-0.2, 0) is 0 Å². The number of rotatable bonds is 5. The quantitative estimate of drug-likeness (QED) is 0.400. The van der Waals surface area contributed by atoms with Gasteiger partial charge in [0.05, 0.1) is 16.8 Å². The van der Waals surface area contributed by atoms with E-state index in [-0.39, 0.29) is 5.91 Å². The van der Waals surface area contributed by atoms with Gasteiger partial charge in [0.25, 0.3) is 5.91 Å². The number of hydrogen-bond donors (Lipinski definition) is 1. The molecule has 2 aromatic heterocycles. The summed E-state index contributed by atoms with van der Waals surface area (Å²) in [4.78, 5) is 12.7. The SMILES string of the molecule is Cc1ccc(-c2nn(-c3ccccc3)cc2/C=N/NC(=O)c2cccs2)cc1. The van der Waals surface area contributed by atoms with Crippen LogP contribution in [0.1, 0.15) is 20.8 Å². The van der Waals surface area contributed by atoms with Crippen molar-refractivity contribution in [3.8, 4) is 16.9 Å². The van der Waals surface area contributed by atoms with Gasteiger partial charge in [0.1, 0.15) is 5.69 Å². The van der Waals surface area contributed by atoms with E-state index in [1.165, 1.54) is 16.9 Å². The lowest BCUT2D eigenvalue weighted by molar-refractivity contribution is 0.0959. The molecule has 0 aliphatic heterocycles. The number of nitrogens with zero attached hydrogens (tertiary/aromatic N) is 3. The summed E-state index contributed by atoms with van der Waals surface area (Å²) in [6.45, 7) is 2.05. The number of aryl methyl sites for hydroxylation is 1. The maximum Gasteiger partial charge on any atom is 0.281 e. The van der Waals surface area contributed by atoms with Gasteiger partial charge in [0.2, 0.25) is 0 Å². The van der Waals surface area contributed by atoms with Crippen LogP contribution >= 0.6 is 11.3 Å². The van der Waals surface area contributed by atoms with Gasteiger partial charge in [0, 0.05) is 17.3 Å². The smallest absolute Gasteiger partial charge is 0.266 e. The largest absolute Gasteiger partial charge is 0.281 e. The Kier molecular flexibility index (Phi) is 5.12. The van der Waals surface area contributed by atoms with Crippen molar-refractivity contribution in [3.63, 3.8) is 0 Å². The Labute approximate surface area is 167 Å². The Bertz CT molecular complexity index is 1100.